The average molecular weight is 493 g/mol. The van der Waals surface area contributed by atoms with Gasteiger partial charge in [-0.05, 0) is 44.4 Å². The molecule has 0 spiro atoms. The molecule has 34 heavy (non-hydrogen) atoms. The smallest absolute Gasteiger partial charge is 0.455 e. The van der Waals surface area contributed by atoms with Gasteiger partial charge >= 0.3 is 23.9 Å². The zero-order valence-corrected chi connectivity index (χ0v) is 17.7. The standard InChI is InChI=1S/C21H18F7N3O3/c1-10-5-3-6-12(9-10)29-17(32)16-11(2)15-13(7-4-8-14(15)34-16)30-31-18(33)19(22,23)20(24,25)21(26,27)28/h3,5-6,9H,4,7-8H2,1-2H3,(H,29,32)(H,31,33)/b30-13+. The van der Waals surface area contributed by atoms with Crippen molar-refractivity contribution in [3.05, 3.63) is 52.5 Å². The summed E-state index contributed by atoms with van der Waals surface area (Å²) in [7, 11) is 0. The lowest BCUT2D eigenvalue weighted by atomic mass is 9.93. The number of nitrogens with zero attached hydrogens (tertiary/aromatic N) is 1. The number of hydrazone groups is 1. The van der Waals surface area contributed by atoms with Crippen LogP contribution in [0.5, 0.6) is 0 Å². The van der Waals surface area contributed by atoms with Gasteiger partial charge in [0.1, 0.15) is 5.76 Å². The quantitative estimate of drug-likeness (QED) is 0.447. The van der Waals surface area contributed by atoms with Gasteiger partial charge in [0.25, 0.3) is 5.91 Å². The van der Waals surface area contributed by atoms with E-state index in [2.05, 4.69) is 10.4 Å². The average Bonchev–Trinajstić information content (AvgIpc) is 3.08. The van der Waals surface area contributed by atoms with Gasteiger partial charge in [-0.2, -0.15) is 35.8 Å². The first-order chi connectivity index (χ1) is 15.7. The minimum Gasteiger partial charge on any atom is -0.455 e. The molecule has 0 saturated heterocycles. The predicted octanol–water partition coefficient (Wildman–Crippen LogP) is 5.14. The fourth-order valence-corrected chi connectivity index (χ4v) is 3.42. The van der Waals surface area contributed by atoms with Gasteiger partial charge in [0.15, 0.2) is 5.76 Å². The molecule has 0 unspecified atom stereocenters. The number of nitrogens with one attached hydrogen (secondary N) is 2. The molecule has 0 saturated carbocycles. The lowest BCUT2D eigenvalue weighted by molar-refractivity contribution is -0.344. The van der Waals surface area contributed by atoms with Crippen molar-refractivity contribution in [3.8, 4) is 0 Å². The Morgan fingerprint density at radius 3 is 2.32 bits per heavy atom. The number of fused-ring (bicyclic) bond motifs is 1. The number of furan rings is 1. The molecule has 1 aliphatic rings. The van der Waals surface area contributed by atoms with Crippen molar-refractivity contribution in [3.63, 3.8) is 0 Å². The first kappa shape index (κ1) is 25.2. The summed E-state index contributed by atoms with van der Waals surface area (Å²) in [6.07, 6.45) is -5.93. The van der Waals surface area contributed by atoms with Gasteiger partial charge in [-0.25, -0.2) is 5.43 Å². The Kier molecular flexibility index (Phi) is 6.51. The topological polar surface area (TPSA) is 83.7 Å². The van der Waals surface area contributed by atoms with E-state index in [-0.39, 0.29) is 34.8 Å². The van der Waals surface area contributed by atoms with E-state index >= 15 is 0 Å². The molecule has 3 rings (SSSR count). The number of rotatable bonds is 5. The lowest BCUT2D eigenvalue weighted by Crippen LogP contribution is -2.58. The molecule has 13 heteroatoms. The van der Waals surface area contributed by atoms with Crippen molar-refractivity contribution in [2.75, 3.05) is 5.32 Å². The van der Waals surface area contributed by atoms with Crippen molar-refractivity contribution in [1.29, 1.82) is 0 Å². The van der Waals surface area contributed by atoms with Crippen LogP contribution in [0, 0.1) is 13.8 Å². The number of aryl methyl sites for hydroxylation is 2. The number of carbonyl (C=O) groups is 2. The third-order valence-electron chi connectivity index (χ3n) is 5.14. The van der Waals surface area contributed by atoms with Crippen LogP contribution < -0.4 is 10.7 Å². The van der Waals surface area contributed by atoms with Crippen LogP contribution in [0.1, 0.15) is 45.8 Å². The molecular formula is C21H18F7N3O3. The molecule has 2 aromatic rings. The Bertz CT molecular complexity index is 1150. The van der Waals surface area contributed by atoms with E-state index < -0.39 is 29.8 Å². The van der Waals surface area contributed by atoms with Crippen LogP contribution in [0.2, 0.25) is 0 Å². The van der Waals surface area contributed by atoms with E-state index in [9.17, 15) is 40.3 Å². The molecule has 0 bridgehead atoms. The van der Waals surface area contributed by atoms with Gasteiger partial charge < -0.3 is 9.73 Å². The van der Waals surface area contributed by atoms with Crippen LogP contribution in [0.15, 0.2) is 33.8 Å². The van der Waals surface area contributed by atoms with Gasteiger partial charge in [0.2, 0.25) is 0 Å². The largest absolute Gasteiger partial charge is 0.460 e. The molecule has 1 heterocycles. The number of benzene rings is 1. The van der Waals surface area contributed by atoms with Crippen LogP contribution in [-0.2, 0) is 11.2 Å². The summed E-state index contributed by atoms with van der Waals surface area (Å²) in [4.78, 5) is 24.2. The summed E-state index contributed by atoms with van der Waals surface area (Å²) in [5.41, 5.74) is 2.78. The Labute approximate surface area is 188 Å². The maximum absolute atomic E-state index is 13.5. The Balaban J connectivity index is 1.85. The van der Waals surface area contributed by atoms with E-state index in [1.54, 1.807) is 18.2 Å². The van der Waals surface area contributed by atoms with Crippen LogP contribution in [0.25, 0.3) is 0 Å². The molecule has 6 nitrogen and oxygen atoms in total. The molecule has 0 aliphatic heterocycles. The second-order valence-electron chi connectivity index (χ2n) is 7.68. The molecule has 184 valence electrons. The summed E-state index contributed by atoms with van der Waals surface area (Å²) < 4.78 is 95.7. The second-order valence-corrected chi connectivity index (χ2v) is 7.68. The van der Waals surface area contributed by atoms with Gasteiger partial charge in [-0.15, -0.1) is 0 Å². The first-order valence-electron chi connectivity index (χ1n) is 9.87. The first-order valence-corrected chi connectivity index (χ1v) is 9.87. The van der Waals surface area contributed by atoms with Crippen molar-refractivity contribution in [1.82, 2.24) is 5.43 Å². The number of hydrogen-bond donors (Lipinski definition) is 2. The fraction of sp³-hybridized carbons (Fsp3) is 0.381. The van der Waals surface area contributed by atoms with Crippen molar-refractivity contribution >= 4 is 23.2 Å². The van der Waals surface area contributed by atoms with Crippen LogP contribution in [-0.4, -0.2) is 35.5 Å². The molecule has 1 aromatic heterocycles. The van der Waals surface area contributed by atoms with Crippen molar-refractivity contribution in [2.45, 2.75) is 51.1 Å². The monoisotopic (exact) mass is 493 g/mol. The van der Waals surface area contributed by atoms with Gasteiger partial charge in [-0.1, -0.05) is 12.1 Å². The minimum absolute atomic E-state index is 0.0633. The van der Waals surface area contributed by atoms with E-state index in [0.29, 0.717) is 18.5 Å². The normalized spacial score (nSPS) is 15.7. The molecular weight excluding hydrogens is 475 g/mol. The number of carbonyl (C=O) groups excluding carboxylic acids is 2. The van der Waals surface area contributed by atoms with Crippen molar-refractivity contribution < 1.29 is 44.7 Å². The van der Waals surface area contributed by atoms with E-state index in [1.807, 2.05) is 13.0 Å². The summed E-state index contributed by atoms with van der Waals surface area (Å²) in [6.45, 7) is 3.28. The maximum Gasteiger partial charge on any atom is 0.460 e. The third kappa shape index (κ3) is 4.50. The van der Waals surface area contributed by atoms with E-state index in [0.717, 1.165) is 11.0 Å². The number of alkyl halides is 7. The number of anilines is 1. The number of hydrogen-bond acceptors (Lipinski definition) is 4. The van der Waals surface area contributed by atoms with Crippen LogP contribution in [0.4, 0.5) is 36.4 Å². The highest BCUT2D eigenvalue weighted by atomic mass is 19.4. The number of amides is 2. The summed E-state index contributed by atoms with van der Waals surface area (Å²) in [5, 5.41) is 5.99. The SMILES string of the molecule is Cc1cccc(NC(=O)c2oc3c(c2C)/C(=N/NC(=O)C(F)(F)C(F)(F)C(F)(F)F)CCC3)c1. The lowest BCUT2D eigenvalue weighted by Gasteiger charge is -2.26. The van der Waals surface area contributed by atoms with E-state index in [1.165, 1.54) is 6.92 Å². The van der Waals surface area contributed by atoms with Crippen molar-refractivity contribution in [2.24, 2.45) is 5.10 Å². The molecule has 0 atom stereocenters. The minimum atomic E-state index is -6.65. The summed E-state index contributed by atoms with van der Waals surface area (Å²) in [5.74, 6) is -16.1. The Hall–Kier alpha value is -3.38. The second kappa shape index (κ2) is 8.76. The zero-order valence-electron chi connectivity index (χ0n) is 17.7. The summed E-state index contributed by atoms with van der Waals surface area (Å²) >= 11 is 0. The van der Waals surface area contributed by atoms with E-state index in [4.69, 9.17) is 4.42 Å². The summed E-state index contributed by atoms with van der Waals surface area (Å²) in [6, 6.07) is 6.88. The molecule has 1 aromatic carbocycles. The molecule has 0 radical (unpaired) electrons. The van der Waals surface area contributed by atoms with Crippen LogP contribution in [0.3, 0.4) is 0 Å². The molecule has 0 fully saturated rings. The van der Waals surface area contributed by atoms with Gasteiger partial charge in [0.05, 0.1) is 5.71 Å². The van der Waals surface area contributed by atoms with Gasteiger partial charge in [0, 0.05) is 23.2 Å². The maximum atomic E-state index is 13.5. The molecule has 2 N–H and O–H groups in total. The van der Waals surface area contributed by atoms with Gasteiger partial charge in [-0.3, -0.25) is 9.59 Å². The highest BCUT2D eigenvalue weighted by molar-refractivity contribution is 6.09. The third-order valence-corrected chi connectivity index (χ3v) is 5.14. The fourth-order valence-electron chi connectivity index (χ4n) is 3.42. The highest BCUT2D eigenvalue weighted by Crippen LogP contribution is 2.46. The predicted molar refractivity (Wildman–Crippen MR) is 106 cm³/mol. The molecule has 1 aliphatic carbocycles. The Morgan fingerprint density at radius 2 is 1.71 bits per heavy atom. The number of halogens is 7. The zero-order chi connectivity index (χ0) is 25.5. The molecule has 2 amide bonds. The highest BCUT2D eigenvalue weighted by Gasteiger charge is 2.76. The Morgan fingerprint density at radius 1 is 1.03 bits per heavy atom. The van der Waals surface area contributed by atoms with Crippen LogP contribution >= 0.6 is 0 Å².